The molecule has 0 bridgehead atoms. The lowest BCUT2D eigenvalue weighted by atomic mass is 10.5. The van der Waals surface area contributed by atoms with Crippen molar-refractivity contribution in [2.75, 3.05) is 0 Å². The van der Waals surface area contributed by atoms with E-state index in [2.05, 4.69) is 5.92 Å². The third-order valence-electron chi connectivity index (χ3n) is 0.663. The van der Waals surface area contributed by atoms with E-state index in [1.165, 1.54) is 0 Å². The Morgan fingerprint density at radius 3 is 2.30 bits per heavy atom. The second kappa shape index (κ2) is 5.77. The molecule has 1 heterocycles. The van der Waals surface area contributed by atoms with Crippen LogP contribution >= 0.6 is 11.3 Å². The normalized spacial score (nSPS) is 6.30. The van der Waals surface area contributed by atoms with Crippen molar-refractivity contribution < 1.29 is 9.59 Å². The molecule has 0 radical (unpaired) electrons. The quantitative estimate of drug-likeness (QED) is 0.522. The van der Waals surface area contributed by atoms with E-state index >= 15 is 0 Å². The Labute approximate surface area is 62.5 Å². The molecule has 0 aliphatic rings. The van der Waals surface area contributed by atoms with E-state index in [1.807, 2.05) is 17.5 Å². The topological polar surface area (TPSA) is 34.1 Å². The summed E-state index contributed by atoms with van der Waals surface area (Å²) in [6, 6.07) is 3.87. The summed E-state index contributed by atoms with van der Waals surface area (Å²) in [6.45, 7) is 0. The first-order valence-electron chi connectivity index (χ1n) is 2.34. The molecule has 10 heavy (non-hydrogen) atoms. The van der Waals surface area contributed by atoms with Gasteiger partial charge in [-0.15, -0.1) is 17.8 Å². The molecular weight excluding hydrogens is 148 g/mol. The highest BCUT2D eigenvalue weighted by Gasteiger charge is 1.79. The molecule has 50 valence electrons. The summed E-state index contributed by atoms with van der Waals surface area (Å²) >= 11 is 1.59. The van der Waals surface area contributed by atoms with Crippen molar-refractivity contribution in [3.05, 3.63) is 22.4 Å². The van der Waals surface area contributed by atoms with Crippen LogP contribution in [0, 0.1) is 12.3 Å². The van der Waals surface area contributed by atoms with E-state index in [0.717, 1.165) is 4.88 Å². The lowest BCUT2D eigenvalue weighted by Crippen LogP contribution is -1.50. The summed E-state index contributed by atoms with van der Waals surface area (Å²) in [5, 5.41) is 1.97. The summed E-state index contributed by atoms with van der Waals surface area (Å²) in [4.78, 5) is 17.2. The second-order valence-corrected chi connectivity index (χ2v) is 2.15. The second-order valence-electron chi connectivity index (χ2n) is 1.20. The number of thiophene rings is 1. The van der Waals surface area contributed by atoms with Gasteiger partial charge in [-0.05, 0) is 11.4 Å². The van der Waals surface area contributed by atoms with Gasteiger partial charge in [-0.2, -0.15) is 9.59 Å². The highest BCUT2D eigenvalue weighted by atomic mass is 32.1. The Hall–Kier alpha value is -1.36. The predicted octanol–water partition coefficient (Wildman–Crippen LogP) is 1.15. The zero-order valence-electron chi connectivity index (χ0n) is 5.03. The fourth-order valence-corrected chi connectivity index (χ4v) is 0.890. The van der Waals surface area contributed by atoms with Crippen molar-refractivity contribution in [2.24, 2.45) is 0 Å². The third kappa shape index (κ3) is 3.62. The van der Waals surface area contributed by atoms with E-state index in [-0.39, 0.29) is 6.15 Å². The molecule has 0 saturated heterocycles. The Morgan fingerprint density at radius 2 is 2.10 bits per heavy atom. The molecule has 2 nitrogen and oxygen atoms in total. The van der Waals surface area contributed by atoms with Crippen molar-refractivity contribution in [3.8, 4) is 12.3 Å². The van der Waals surface area contributed by atoms with Gasteiger partial charge in [-0.3, -0.25) is 0 Å². The number of hydrogen-bond acceptors (Lipinski definition) is 3. The SMILES string of the molecule is C#Cc1cccs1.O=C=O. The van der Waals surface area contributed by atoms with E-state index in [4.69, 9.17) is 16.0 Å². The maximum atomic E-state index is 8.12. The maximum absolute atomic E-state index is 8.12. The van der Waals surface area contributed by atoms with E-state index < -0.39 is 0 Å². The molecule has 0 aliphatic carbocycles. The highest BCUT2D eigenvalue weighted by Crippen LogP contribution is 2.04. The van der Waals surface area contributed by atoms with Gasteiger partial charge in [0.05, 0.1) is 4.88 Å². The smallest absolute Gasteiger partial charge is 0.186 e. The first-order chi connectivity index (χ1) is 4.85. The average Bonchev–Trinajstić information content (AvgIpc) is 2.39. The first kappa shape index (κ1) is 8.64. The Morgan fingerprint density at radius 1 is 1.50 bits per heavy atom. The van der Waals surface area contributed by atoms with E-state index in [1.54, 1.807) is 11.3 Å². The van der Waals surface area contributed by atoms with Crippen LogP contribution in [0.5, 0.6) is 0 Å². The van der Waals surface area contributed by atoms with Crippen LogP contribution in [0.4, 0.5) is 0 Å². The van der Waals surface area contributed by atoms with Crippen molar-refractivity contribution in [1.29, 1.82) is 0 Å². The van der Waals surface area contributed by atoms with Crippen LogP contribution in [0.25, 0.3) is 0 Å². The van der Waals surface area contributed by atoms with Crippen molar-refractivity contribution in [3.63, 3.8) is 0 Å². The van der Waals surface area contributed by atoms with Crippen LogP contribution in [0.15, 0.2) is 17.5 Å². The van der Waals surface area contributed by atoms with Crippen LogP contribution in [0.2, 0.25) is 0 Å². The van der Waals surface area contributed by atoms with Gasteiger partial charge in [0.2, 0.25) is 0 Å². The van der Waals surface area contributed by atoms with Gasteiger partial charge in [0.15, 0.2) is 0 Å². The van der Waals surface area contributed by atoms with Gasteiger partial charge in [0, 0.05) is 0 Å². The summed E-state index contributed by atoms with van der Waals surface area (Å²) in [7, 11) is 0. The monoisotopic (exact) mass is 152 g/mol. The minimum absolute atomic E-state index is 0.250. The molecule has 0 atom stereocenters. The molecule has 1 rings (SSSR count). The van der Waals surface area contributed by atoms with Crippen LogP contribution in [-0.2, 0) is 9.59 Å². The van der Waals surface area contributed by atoms with Gasteiger partial charge >= 0.3 is 6.15 Å². The van der Waals surface area contributed by atoms with Crippen molar-refractivity contribution in [2.45, 2.75) is 0 Å². The number of carbonyl (C=O) groups excluding carboxylic acids is 2. The molecule has 0 aromatic carbocycles. The molecule has 0 N–H and O–H groups in total. The van der Waals surface area contributed by atoms with Gasteiger partial charge in [-0.25, -0.2) is 0 Å². The highest BCUT2D eigenvalue weighted by molar-refractivity contribution is 7.10. The Bertz CT molecular complexity index is 237. The molecule has 0 spiro atoms. The molecule has 3 heteroatoms. The standard InChI is InChI=1S/C6H4S.CO2/c1-2-6-4-3-5-7-6;2-1-3/h1,3-5H;. The van der Waals surface area contributed by atoms with Crippen LogP contribution < -0.4 is 0 Å². The van der Waals surface area contributed by atoms with E-state index in [0.29, 0.717) is 0 Å². The average molecular weight is 152 g/mol. The maximum Gasteiger partial charge on any atom is 0.373 e. The zero-order chi connectivity index (χ0) is 7.82. The molecule has 0 amide bonds. The molecule has 1 aromatic rings. The first-order valence-corrected chi connectivity index (χ1v) is 3.22. The molecule has 0 fully saturated rings. The van der Waals surface area contributed by atoms with E-state index in [9.17, 15) is 0 Å². The number of terminal acetylenes is 1. The molecule has 0 saturated carbocycles. The number of hydrogen-bond donors (Lipinski definition) is 0. The zero-order valence-corrected chi connectivity index (χ0v) is 5.85. The lowest BCUT2D eigenvalue weighted by Gasteiger charge is -1.66. The minimum Gasteiger partial charge on any atom is -0.186 e. The molecule has 0 unspecified atom stereocenters. The molecular formula is C7H4O2S. The van der Waals surface area contributed by atoms with Crippen molar-refractivity contribution >= 4 is 17.5 Å². The lowest BCUT2D eigenvalue weighted by molar-refractivity contribution is -0.191. The molecule has 1 aromatic heterocycles. The van der Waals surface area contributed by atoms with Gasteiger partial charge in [0.1, 0.15) is 0 Å². The Balaban J connectivity index is 0.000000236. The third-order valence-corrected chi connectivity index (χ3v) is 1.46. The van der Waals surface area contributed by atoms with Crippen molar-refractivity contribution in [1.82, 2.24) is 0 Å². The van der Waals surface area contributed by atoms with Gasteiger partial charge < -0.3 is 0 Å². The summed E-state index contributed by atoms with van der Waals surface area (Å²) in [6.07, 6.45) is 5.30. The largest absolute Gasteiger partial charge is 0.373 e. The fraction of sp³-hybridized carbons (Fsp3) is 0. The number of rotatable bonds is 0. The Kier molecular flexibility index (Phi) is 4.99. The predicted molar refractivity (Wildman–Crippen MR) is 37.3 cm³/mol. The fourth-order valence-electron chi connectivity index (χ4n) is 0.361. The summed E-state index contributed by atoms with van der Waals surface area (Å²) < 4.78 is 0. The van der Waals surface area contributed by atoms with Gasteiger partial charge in [-0.1, -0.05) is 12.0 Å². The van der Waals surface area contributed by atoms with Gasteiger partial charge in [0.25, 0.3) is 0 Å². The van der Waals surface area contributed by atoms with Crippen LogP contribution in [0.3, 0.4) is 0 Å². The molecule has 0 aliphatic heterocycles. The summed E-state index contributed by atoms with van der Waals surface area (Å²) in [5.74, 6) is 2.53. The summed E-state index contributed by atoms with van der Waals surface area (Å²) in [5.41, 5.74) is 0. The van der Waals surface area contributed by atoms with Crippen LogP contribution in [-0.4, -0.2) is 6.15 Å². The minimum atomic E-state index is 0.250. The van der Waals surface area contributed by atoms with Crippen LogP contribution in [0.1, 0.15) is 4.88 Å².